The van der Waals surface area contributed by atoms with Gasteiger partial charge in [-0.1, -0.05) is 0 Å². The summed E-state index contributed by atoms with van der Waals surface area (Å²) in [7, 11) is 0. The number of nitrogens with one attached hydrogen (secondary N) is 1. The number of rotatable bonds is 0. The lowest BCUT2D eigenvalue weighted by molar-refractivity contribution is 0.118. The lowest BCUT2D eigenvalue weighted by atomic mass is 10.3. The molecule has 1 fully saturated rings. The molecule has 0 aromatic rings. The molecular formula is C4H8FNO. The maximum atomic E-state index is 12.0. The highest BCUT2D eigenvalue weighted by molar-refractivity contribution is 4.79. The molecule has 0 bridgehead atoms. The van der Waals surface area contributed by atoms with Gasteiger partial charge in [0, 0.05) is 13.1 Å². The number of aliphatic hydroxyl groups excluding tert-OH is 1. The van der Waals surface area contributed by atoms with Crippen molar-refractivity contribution in [2.24, 2.45) is 0 Å². The predicted molar refractivity (Wildman–Crippen MR) is 23.8 cm³/mol. The molecular weight excluding hydrogens is 97.0 g/mol. The molecule has 2 nitrogen and oxygen atoms in total. The van der Waals surface area contributed by atoms with E-state index in [0.717, 1.165) is 0 Å². The molecule has 0 amide bonds. The van der Waals surface area contributed by atoms with Crippen LogP contribution >= 0.6 is 0 Å². The Morgan fingerprint density at radius 1 is 1.57 bits per heavy atom. The smallest absolute Gasteiger partial charge is 0.139 e. The fraction of sp³-hybridized carbons (Fsp3) is 1.00. The van der Waals surface area contributed by atoms with E-state index in [2.05, 4.69) is 5.32 Å². The van der Waals surface area contributed by atoms with E-state index < -0.39 is 12.3 Å². The van der Waals surface area contributed by atoms with Crippen LogP contribution in [0.25, 0.3) is 0 Å². The molecule has 2 atom stereocenters. The topological polar surface area (TPSA) is 32.3 Å². The van der Waals surface area contributed by atoms with E-state index >= 15 is 0 Å². The summed E-state index contributed by atoms with van der Waals surface area (Å²) in [6.07, 6.45) is -1.81. The van der Waals surface area contributed by atoms with Crippen LogP contribution in [0.1, 0.15) is 0 Å². The molecule has 0 aliphatic carbocycles. The van der Waals surface area contributed by atoms with Crippen LogP contribution in [-0.4, -0.2) is 30.5 Å². The Morgan fingerprint density at radius 2 is 2.29 bits per heavy atom. The van der Waals surface area contributed by atoms with E-state index in [4.69, 9.17) is 5.11 Å². The second-order valence-electron chi connectivity index (χ2n) is 1.74. The number of aliphatic hydroxyl groups is 1. The molecule has 0 radical (unpaired) electrons. The number of halogens is 1. The Kier molecular flexibility index (Phi) is 1.25. The zero-order valence-electron chi connectivity index (χ0n) is 3.89. The molecule has 1 aliphatic heterocycles. The normalized spacial score (nSPS) is 42.0. The maximum Gasteiger partial charge on any atom is 0.139 e. The van der Waals surface area contributed by atoms with Crippen LogP contribution in [0.4, 0.5) is 4.39 Å². The fourth-order valence-corrected chi connectivity index (χ4v) is 0.633. The molecule has 0 saturated carbocycles. The average molecular weight is 105 g/mol. The van der Waals surface area contributed by atoms with Gasteiger partial charge in [-0.25, -0.2) is 4.39 Å². The lowest BCUT2D eigenvalue weighted by Crippen LogP contribution is -2.17. The molecule has 42 valence electrons. The van der Waals surface area contributed by atoms with Gasteiger partial charge in [0.05, 0.1) is 6.10 Å². The molecule has 1 aliphatic rings. The highest BCUT2D eigenvalue weighted by Crippen LogP contribution is 2.01. The van der Waals surface area contributed by atoms with Crippen molar-refractivity contribution in [2.45, 2.75) is 12.3 Å². The van der Waals surface area contributed by atoms with Crippen molar-refractivity contribution in [1.29, 1.82) is 0 Å². The fourth-order valence-electron chi connectivity index (χ4n) is 0.633. The quantitative estimate of drug-likeness (QED) is 0.426. The van der Waals surface area contributed by atoms with Crippen LogP contribution in [0.2, 0.25) is 0 Å². The predicted octanol–water partition coefficient (Wildman–Crippen LogP) is -0.711. The van der Waals surface area contributed by atoms with Gasteiger partial charge in [0.15, 0.2) is 0 Å². The first-order chi connectivity index (χ1) is 3.30. The zero-order valence-corrected chi connectivity index (χ0v) is 3.89. The molecule has 0 aromatic heterocycles. The van der Waals surface area contributed by atoms with E-state index in [-0.39, 0.29) is 0 Å². The van der Waals surface area contributed by atoms with Crippen LogP contribution < -0.4 is 5.32 Å². The molecule has 7 heavy (non-hydrogen) atoms. The second-order valence-corrected chi connectivity index (χ2v) is 1.74. The van der Waals surface area contributed by atoms with Crippen molar-refractivity contribution in [1.82, 2.24) is 5.32 Å². The van der Waals surface area contributed by atoms with Gasteiger partial charge in [0.25, 0.3) is 0 Å². The second kappa shape index (κ2) is 1.76. The van der Waals surface area contributed by atoms with Gasteiger partial charge in [0.1, 0.15) is 6.17 Å². The third kappa shape index (κ3) is 0.894. The SMILES string of the molecule is O[C@@H]1CNCC1F. The summed E-state index contributed by atoms with van der Waals surface area (Å²) < 4.78 is 12.0. The minimum absolute atomic E-state index is 0.307. The first-order valence-electron chi connectivity index (χ1n) is 2.33. The van der Waals surface area contributed by atoms with E-state index in [0.29, 0.717) is 13.1 Å². The molecule has 1 unspecified atom stereocenters. The third-order valence-electron chi connectivity index (χ3n) is 1.11. The van der Waals surface area contributed by atoms with E-state index in [9.17, 15) is 4.39 Å². The summed E-state index contributed by atoms with van der Waals surface area (Å²) in [4.78, 5) is 0. The molecule has 0 spiro atoms. The van der Waals surface area contributed by atoms with Gasteiger partial charge in [-0.05, 0) is 0 Å². The zero-order chi connectivity index (χ0) is 5.28. The van der Waals surface area contributed by atoms with Crippen molar-refractivity contribution in [3.8, 4) is 0 Å². The number of alkyl halides is 1. The lowest BCUT2D eigenvalue weighted by Gasteiger charge is -1.98. The molecule has 1 rings (SSSR count). The van der Waals surface area contributed by atoms with Crippen molar-refractivity contribution >= 4 is 0 Å². The largest absolute Gasteiger partial charge is 0.389 e. The average Bonchev–Trinajstić information content (AvgIpc) is 1.91. The molecule has 1 saturated heterocycles. The third-order valence-corrected chi connectivity index (χ3v) is 1.11. The van der Waals surface area contributed by atoms with Crippen molar-refractivity contribution in [3.05, 3.63) is 0 Å². The van der Waals surface area contributed by atoms with Gasteiger partial charge in [0.2, 0.25) is 0 Å². The summed E-state index contributed by atoms with van der Waals surface area (Å²) in [5.74, 6) is 0. The summed E-state index contributed by atoms with van der Waals surface area (Å²) >= 11 is 0. The van der Waals surface area contributed by atoms with Crippen LogP contribution in [0, 0.1) is 0 Å². The standard InChI is InChI=1S/C4H8FNO/c5-3-1-6-2-4(3)7/h3-4,6-7H,1-2H2/t3?,4-/m1/s1. The van der Waals surface area contributed by atoms with Gasteiger partial charge in [-0.15, -0.1) is 0 Å². The molecule has 1 heterocycles. The van der Waals surface area contributed by atoms with Crippen molar-refractivity contribution in [2.75, 3.05) is 13.1 Å². The first kappa shape index (κ1) is 5.00. The van der Waals surface area contributed by atoms with Crippen LogP contribution in [-0.2, 0) is 0 Å². The molecule has 3 heteroatoms. The minimum atomic E-state index is -1.04. The number of β-amino-alcohol motifs (C(OH)–C–C–N with tert-alkyl or cyclic N) is 1. The Balaban J connectivity index is 2.33. The Bertz CT molecular complexity index is 60.7. The summed E-state index contributed by atoms with van der Waals surface area (Å²) in [5.41, 5.74) is 0. The van der Waals surface area contributed by atoms with Crippen molar-refractivity contribution < 1.29 is 9.50 Å². The minimum Gasteiger partial charge on any atom is -0.389 e. The summed E-state index contributed by atoms with van der Waals surface area (Å²) in [5, 5.41) is 11.3. The highest BCUT2D eigenvalue weighted by atomic mass is 19.1. The maximum absolute atomic E-state index is 12.0. The number of hydrogen-bond donors (Lipinski definition) is 2. The van der Waals surface area contributed by atoms with Gasteiger partial charge < -0.3 is 10.4 Å². The van der Waals surface area contributed by atoms with Gasteiger partial charge in [-0.2, -0.15) is 0 Å². The van der Waals surface area contributed by atoms with Crippen LogP contribution in [0.5, 0.6) is 0 Å². The Labute approximate surface area is 41.3 Å². The van der Waals surface area contributed by atoms with Gasteiger partial charge in [-0.3, -0.25) is 0 Å². The Morgan fingerprint density at radius 3 is 2.43 bits per heavy atom. The Hall–Kier alpha value is -0.150. The molecule has 0 aromatic carbocycles. The monoisotopic (exact) mass is 105 g/mol. The first-order valence-corrected chi connectivity index (χ1v) is 2.33. The summed E-state index contributed by atoms with van der Waals surface area (Å²) in [6, 6.07) is 0. The molecule has 2 N–H and O–H groups in total. The van der Waals surface area contributed by atoms with Crippen LogP contribution in [0.15, 0.2) is 0 Å². The van der Waals surface area contributed by atoms with Crippen LogP contribution in [0.3, 0.4) is 0 Å². The number of hydrogen-bond acceptors (Lipinski definition) is 2. The van der Waals surface area contributed by atoms with Gasteiger partial charge >= 0.3 is 0 Å². The van der Waals surface area contributed by atoms with E-state index in [1.165, 1.54) is 0 Å². The highest BCUT2D eigenvalue weighted by Gasteiger charge is 2.23. The van der Waals surface area contributed by atoms with Crippen molar-refractivity contribution in [3.63, 3.8) is 0 Å². The van der Waals surface area contributed by atoms with E-state index in [1.54, 1.807) is 0 Å². The van der Waals surface area contributed by atoms with E-state index in [1.807, 2.05) is 0 Å². The summed E-state index contributed by atoms with van der Waals surface area (Å²) in [6.45, 7) is 0.711.